The number of esters is 4. The van der Waals surface area contributed by atoms with E-state index >= 15 is 0 Å². The van der Waals surface area contributed by atoms with Gasteiger partial charge in [0.05, 0.1) is 32.2 Å². The van der Waals surface area contributed by atoms with E-state index in [-0.39, 0.29) is 103 Å². The number of carbonyl (C=O) groups excluding carboxylic acids is 6. The third kappa shape index (κ3) is 7.76. The Hall–Kier alpha value is -0.826. The normalized spacial score (nSPS) is 45.3. The second kappa shape index (κ2) is 17.6. The van der Waals surface area contributed by atoms with Gasteiger partial charge in [0.15, 0.2) is 11.6 Å². The van der Waals surface area contributed by atoms with Crippen molar-refractivity contribution in [3.05, 3.63) is 34.9 Å². The average molecular weight is 1250 g/mol. The van der Waals surface area contributed by atoms with Crippen molar-refractivity contribution in [2.75, 3.05) is 14.2 Å². The molecule has 346 valence electrons. The molecule has 5 saturated carbocycles. The molecule has 0 amide bonds. The average Bonchev–Trinajstić information content (AvgIpc) is 3.97. The van der Waals surface area contributed by atoms with Crippen molar-refractivity contribution in [2.45, 2.75) is 148 Å². The summed E-state index contributed by atoms with van der Waals surface area (Å²) in [6.07, 6.45) is 16.3. The predicted octanol–water partition coefficient (Wildman–Crippen LogP) is 9.53. The van der Waals surface area contributed by atoms with Crippen molar-refractivity contribution in [1.29, 1.82) is 0 Å². The Morgan fingerprint density at radius 1 is 0.714 bits per heavy atom. The fourth-order valence-electron chi connectivity index (χ4n) is 15.9. The van der Waals surface area contributed by atoms with E-state index in [1.165, 1.54) is 19.8 Å². The van der Waals surface area contributed by atoms with Crippen molar-refractivity contribution in [3.8, 4) is 0 Å². The number of ether oxygens (including phenoxy) is 4. The van der Waals surface area contributed by atoms with Gasteiger partial charge in [-0.2, -0.15) is 0 Å². The van der Waals surface area contributed by atoms with Gasteiger partial charge in [-0.25, -0.2) is 0 Å². The first-order valence-corrected chi connectivity index (χ1v) is 36.4. The summed E-state index contributed by atoms with van der Waals surface area (Å²) in [6, 6.07) is 0. The number of ketones is 2. The SMILES string of the molecule is COC(=O)[C@@H]1CC2=CC(=O)CC[C@]2(C)C2=CC[C@@]3(C)C(CC[C@@]34CCC(=O)O4)C21.COC(=O)[C@@H]1CC2=CC(=O)CC[C@]2(C)C2C1C1CC[C@@]3(CCC(=O)O3)[C@@]1(C)C[C@H]2O.[I][V]([I])[I]. The van der Waals surface area contributed by atoms with E-state index in [0.717, 1.165) is 56.1 Å². The van der Waals surface area contributed by atoms with Crippen LogP contribution in [0.3, 0.4) is 0 Å². The molecule has 14 atom stereocenters. The molecule has 5 unspecified atom stereocenters. The number of fused-ring (bicyclic) bond motifs is 12. The number of halogens is 3. The topological polar surface area (TPSA) is 160 Å². The first-order valence-electron chi connectivity index (χ1n) is 22.9. The molecule has 8 aliphatic carbocycles. The number of carbonyl (C=O) groups is 6. The van der Waals surface area contributed by atoms with Crippen LogP contribution < -0.4 is 0 Å². The molecule has 2 heterocycles. The Labute approximate surface area is 409 Å². The van der Waals surface area contributed by atoms with Gasteiger partial charge in [0, 0.05) is 41.9 Å². The van der Waals surface area contributed by atoms with Crippen LogP contribution in [0.5, 0.6) is 0 Å². The summed E-state index contributed by atoms with van der Waals surface area (Å²) in [7, 11) is 2.87. The molecular formula is C48H62I3O11V. The van der Waals surface area contributed by atoms with Gasteiger partial charge in [0.25, 0.3) is 0 Å². The zero-order valence-electron chi connectivity index (χ0n) is 37.3. The molecule has 0 aromatic rings. The van der Waals surface area contributed by atoms with Gasteiger partial charge < -0.3 is 24.1 Å². The Morgan fingerprint density at radius 2 is 1.24 bits per heavy atom. The predicted molar refractivity (Wildman–Crippen MR) is 255 cm³/mol. The van der Waals surface area contributed by atoms with E-state index in [0.29, 0.717) is 57.8 Å². The molecule has 2 spiro atoms. The fourth-order valence-corrected chi connectivity index (χ4v) is 15.9. The minimum absolute atomic E-state index is 0.0415. The summed E-state index contributed by atoms with van der Waals surface area (Å²) in [4.78, 5) is 74.0. The minimum atomic E-state index is -0.611. The molecule has 15 heteroatoms. The summed E-state index contributed by atoms with van der Waals surface area (Å²) in [5, 5.41) is 11.6. The third-order valence-corrected chi connectivity index (χ3v) is 19.0. The maximum atomic E-state index is 12.9. The van der Waals surface area contributed by atoms with E-state index < -0.39 is 17.3 Å². The van der Waals surface area contributed by atoms with Gasteiger partial charge in [-0.1, -0.05) is 50.5 Å². The molecule has 0 radical (unpaired) electrons. The van der Waals surface area contributed by atoms with Crippen molar-refractivity contribution in [1.82, 2.24) is 0 Å². The number of aliphatic hydroxyl groups excluding tert-OH is 1. The second-order valence-corrected chi connectivity index (χ2v) is 56.6. The Kier molecular flexibility index (Phi) is 13.6. The number of rotatable bonds is 2. The van der Waals surface area contributed by atoms with Crippen LogP contribution in [-0.2, 0) is 52.6 Å². The van der Waals surface area contributed by atoms with Crippen LogP contribution in [0.2, 0.25) is 0 Å². The summed E-state index contributed by atoms with van der Waals surface area (Å²) in [5.74, 6) is -0.633. The molecule has 11 nitrogen and oxygen atoms in total. The number of methoxy groups -OCH3 is 2. The molecule has 10 rings (SSSR count). The van der Waals surface area contributed by atoms with Gasteiger partial charge in [-0.3, -0.25) is 28.8 Å². The zero-order valence-corrected chi connectivity index (χ0v) is 45.1. The van der Waals surface area contributed by atoms with E-state index in [4.69, 9.17) is 18.9 Å². The van der Waals surface area contributed by atoms with Gasteiger partial charge in [-0.05, 0) is 124 Å². The van der Waals surface area contributed by atoms with Crippen LogP contribution in [0.1, 0.15) is 130 Å². The number of allylic oxidation sites excluding steroid dienone is 5. The van der Waals surface area contributed by atoms with E-state index in [1.807, 2.05) is 0 Å². The monoisotopic (exact) mass is 1250 g/mol. The van der Waals surface area contributed by atoms with Gasteiger partial charge in [0.1, 0.15) is 11.2 Å². The zero-order chi connectivity index (χ0) is 45.7. The first kappa shape index (κ1) is 48.6. The molecule has 63 heavy (non-hydrogen) atoms. The summed E-state index contributed by atoms with van der Waals surface area (Å²) in [5.41, 5.74) is 1.56. The fraction of sp³-hybridized carbons (Fsp3) is 0.750. The van der Waals surface area contributed by atoms with Crippen LogP contribution in [0, 0.1) is 63.1 Å². The van der Waals surface area contributed by atoms with E-state index in [2.05, 4.69) is 93.7 Å². The van der Waals surface area contributed by atoms with Crippen LogP contribution >= 0.6 is 59.9 Å². The molecule has 7 fully saturated rings. The van der Waals surface area contributed by atoms with Crippen molar-refractivity contribution in [3.63, 3.8) is 0 Å². The quantitative estimate of drug-likeness (QED) is 0.121. The molecule has 2 aliphatic heterocycles. The molecule has 0 bridgehead atoms. The Balaban J connectivity index is 0.000000160. The number of hydrogen-bond donors (Lipinski definition) is 1. The van der Waals surface area contributed by atoms with Crippen LogP contribution in [-0.4, -0.2) is 72.1 Å². The molecule has 0 aromatic heterocycles. The summed E-state index contributed by atoms with van der Waals surface area (Å²) in [6.45, 7) is 8.85. The molecule has 1 N–H and O–H groups in total. The van der Waals surface area contributed by atoms with Crippen molar-refractivity contribution < 1.29 is 57.7 Å². The van der Waals surface area contributed by atoms with Gasteiger partial charge in [-0.15, -0.1) is 0 Å². The van der Waals surface area contributed by atoms with Gasteiger partial charge >= 0.3 is 88.7 Å². The number of hydrogen-bond acceptors (Lipinski definition) is 11. The Morgan fingerprint density at radius 3 is 1.81 bits per heavy atom. The first-order chi connectivity index (χ1) is 29.6. The van der Waals surface area contributed by atoms with Crippen LogP contribution in [0.4, 0.5) is 0 Å². The number of aliphatic hydroxyl groups is 1. The van der Waals surface area contributed by atoms with Crippen molar-refractivity contribution in [2.24, 2.45) is 63.1 Å². The van der Waals surface area contributed by atoms with Crippen molar-refractivity contribution >= 4 is 95.4 Å². The second-order valence-electron chi connectivity index (χ2n) is 21.2. The van der Waals surface area contributed by atoms with Gasteiger partial charge in [0.2, 0.25) is 0 Å². The van der Waals surface area contributed by atoms with Crippen LogP contribution in [0.25, 0.3) is 0 Å². The molecule has 2 saturated heterocycles. The summed E-state index contributed by atoms with van der Waals surface area (Å²) >= 11 is 7.39. The standard InChI is InChI=1S/C24H32O6.C24H30O5.3HI.V/c1-22-7-4-14(25)10-13(22)11-15(21(28)29-3)19-16-5-8-24(9-6-18(27)30-24)23(16,2)12-17(26)20(19)22;1-22-8-4-15(25)12-14(22)13-16(21(27)28-3)20-17(22)5-9-23(2)18(20)6-10-24(23)11-7-19(26)29-24;;;;/h10,15-17,19-20,26H,4-9,11-12H2,1-3H3;5,12,16,18,20H,4,6-11,13H2,1-3H3;3*1H;/q;;;;;+3/p-3/t15-,16?,17-,19?,20?,22+,23+,24-;16-,18?,20?,22+,23+,24-;;;;/m11..../s1. The maximum absolute atomic E-state index is 12.9. The van der Waals surface area contributed by atoms with Crippen LogP contribution in [0.15, 0.2) is 34.9 Å². The van der Waals surface area contributed by atoms with E-state index in [1.54, 1.807) is 12.2 Å². The molecule has 0 aromatic carbocycles. The Bertz CT molecular complexity index is 2070. The van der Waals surface area contributed by atoms with E-state index in [9.17, 15) is 33.9 Å². The molecule has 10 aliphatic rings. The summed E-state index contributed by atoms with van der Waals surface area (Å²) < 4.78 is 22.4. The third-order valence-electron chi connectivity index (χ3n) is 19.0. The molecular weight excluding hydrogens is 1180 g/mol.